The van der Waals surface area contributed by atoms with E-state index in [1.54, 1.807) is 36.4 Å². The van der Waals surface area contributed by atoms with Gasteiger partial charge in [0.05, 0.1) is 0 Å². The van der Waals surface area contributed by atoms with E-state index in [0.717, 1.165) is 5.56 Å². The van der Waals surface area contributed by atoms with Gasteiger partial charge >= 0.3 is 0 Å². The van der Waals surface area contributed by atoms with Gasteiger partial charge in [-0.2, -0.15) is 0 Å². The van der Waals surface area contributed by atoms with Crippen molar-refractivity contribution >= 4 is 23.3 Å². The first kappa shape index (κ1) is 15.2. The number of aliphatic hydroxyl groups is 1. The maximum absolute atomic E-state index is 12.0. The van der Waals surface area contributed by atoms with Crippen molar-refractivity contribution < 1.29 is 14.7 Å². The number of ketones is 1. The van der Waals surface area contributed by atoms with E-state index in [-0.39, 0.29) is 5.56 Å². The smallest absolute Gasteiger partial charge is 0.253 e. The first-order valence-electron chi connectivity index (χ1n) is 6.33. The zero-order chi connectivity index (χ0) is 15.4. The Bertz CT molecular complexity index is 650. The first-order chi connectivity index (χ1) is 9.97. The van der Waals surface area contributed by atoms with Crippen LogP contribution in [-0.4, -0.2) is 23.0 Å². The number of carbonyl (C=O) groups is 2. The average Bonchev–Trinajstić information content (AvgIpc) is 2.47. The second-order valence-corrected chi connectivity index (χ2v) is 5.05. The van der Waals surface area contributed by atoms with E-state index in [1.165, 1.54) is 12.1 Å². The summed E-state index contributed by atoms with van der Waals surface area (Å²) in [6.07, 6.45) is -1.60. The molecule has 0 fully saturated rings. The molecule has 2 N–H and O–H groups in total. The molecule has 0 aromatic heterocycles. The summed E-state index contributed by atoms with van der Waals surface area (Å²) in [5.41, 5.74) is 1.67. The van der Waals surface area contributed by atoms with Gasteiger partial charge in [-0.25, -0.2) is 0 Å². The lowest BCUT2D eigenvalue weighted by Gasteiger charge is -2.12. The second-order valence-electron chi connectivity index (χ2n) is 4.61. The summed E-state index contributed by atoms with van der Waals surface area (Å²) in [6.45, 7) is 1.90. The van der Waals surface area contributed by atoms with Crippen molar-refractivity contribution in [1.82, 2.24) is 5.32 Å². The predicted octanol–water partition coefficient (Wildman–Crippen LogP) is 2.58. The zero-order valence-electron chi connectivity index (χ0n) is 11.3. The summed E-state index contributed by atoms with van der Waals surface area (Å²) in [6, 6.07) is 12.9. The molecule has 0 saturated heterocycles. The highest BCUT2D eigenvalue weighted by molar-refractivity contribution is 6.30. The monoisotopic (exact) mass is 303 g/mol. The Kier molecular flexibility index (Phi) is 4.73. The van der Waals surface area contributed by atoms with Crippen molar-refractivity contribution in [2.45, 2.75) is 13.2 Å². The molecule has 1 amide bonds. The fourth-order valence-electron chi connectivity index (χ4n) is 1.75. The molecule has 0 aliphatic heterocycles. The van der Waals surface area contributed by atoms with Crippen molar-refractivity contribution in [2.24, 2.45) is 0 Å². The van der Waals surface area contributed by atoms with Crippen LogP contribution in [0.1, 0.15) is 26.3 Å². The molecule has 2 rings (SSSR count). The van der Waals surface area contributed by atoms with E-state index in [9.17, 15) is 14.7 Å². The lowest BCUT2D eigenvalue weighted by Crippen LogP contribution is -2.40. The standard InChI is InChI=1S/C16H14ClNO3/c1-10-2-4-12(5-3-10)15(20)18-16(21)14(19)11-6-8-13(17)9-7-11/h2-9,16,21H,1H3,(H,18,20)/t16-/m0/s1. The zero-order valence-corrected chi connectivity index (χ0v) is 12.1. The van der Waals surface area contributed by atoms with Crippen LogP contribution in [0.3, 0.4) is 0 Å². The predicted molar refractivity (Wildman–Crippen MR) is 80.4 cm³/mol. The van der Waals surface area contributed by atoms with Gasteiger partial charge in [0.2, 0.25) is 5.78 Å². The molecule has 0 heterocycles. The van der Waals surface area contributed by atoms with Crippen molar-refractivity contribution in [3.05, 3.63) is 70.2 Å². The topological polar surface area (TPSA) is 66.4 Å². The Morgan fingerprint density at radius 2 is 1.52 bits per heavy atom. The number of amides is 1. The van der Waals surface area contributed by atoms with Gasteiger partial charge in [-0.05, 0) is 43.3 Å². The lowest BCUT2D eigenvalue weighted by atomic mass is 10.1. The minimum atomic E-state index is -1.60. The number of nitrogens with one attached hydrogen (secondary N) is 1. The number of Topliss-reactive ketones (excluding diaryl/α,β-unsaturated/α-hetero) is 1. The fraction of sp³-hybridized carbons (Fsp3) is 0.125. The molecule has 21 heavy (non-hydrogen) atoms. The number of halogens is 1. The van der Waals surface area contributed by atoms with Crippen LogP contribution in [0.4, 0.5) is 0 Å². The van der Waals surface area contributed by atoms with Gasteiger partial charge in [-0.1, -0.05) is 29.3 Å². The summed E-state index contributed by atoms with van der Waals surface area (Å²) in [4.78, 5) is 23.9. The van der Waals surface area contributed by atoms with E-state index in [4.69, 9.17) is 11.6 Å². The molecule has 108 valence electrons. The van der Waals surface area contributed by atoms with Crippen molar-refractivity contribution in [3.8, 4) is 0 Å². The molecule has 1 atom stereocenters. The van der Waals surface area contributed by atoms with Crippen molar-refractivity contribution in [1.29, 1.82) is 0 Å². The van der Waals surface area contributed by atoms with Crippen LogP contribution in [-0.2, 0) is 0 Å². The molecule has 0 bridgehead atoms. The molecule has 0 saturated carbocycles. The molecule has 5 heteroatoms. The van der Waals surface area contributed by atoms with Crippen LogP contribution in [0.5, 0.6) is 0 Å². The SMILES string of the molecule is Cc1ccc(C(=O)N[C@@H](O)C(=O)c2ccc(Cl)cc2)cc1. The third-order valence-corrected chi connectivity index (χ3v) is 3.21. The second kappa shape index (κ2) is 6.52. The lowest BCUT2D eigenvalue weighted by molar-refractivity contribution is 0.0607. The van der Waals surface area contributed by atoms with Gasteiger partial charge in [0.1, 0.15) is 0 Å². The van der Waals surface area contributed by atoms with Gasteiger partial charge in [0.15, 0.2) is 6.23 Å². The molecular weight excluding hydrogens is 290 g/mol. The Morgan fingerprint density at radius 1 is 1.00 bits per heavy atom. The number of aliphatic hydroxyl groups excluding tert-OH is 1. The average molecular weight is 304 g/mol. The Hall–Kier alpha value is -2.17. The molecule has 4 nitrogen and oxygen atoms in total. The third kappa shape index (κ3) is 3.90. The van der Waals surface area contributed by atoms with Crippen LogP contribution in [0, 0.1) is 6.92 Å². The maximum atomic E-state index is 12.0. The number of hydrogen-bond acceptors (Lipinski definition) is 3. The van der Waals surface area contributed by atoms with Gasteiger partial charge in [-0.3, -0.25) is 9.59 Å². The highest BCUT2D eigenvalue weighted by atomic mass is 35.5. The van der Waals surface area contributed by atoms with E-state index in [1.807, 2.05) is 6.92 Å². The Morgan fingerprint density at radius 3 is 2.10 bits per heavy atom. The van der Waals surface area contributed by atoms with Crippen LogP contribution >= 0.6 is 11.6 Å². The number of carbonyl (C=O) groups excluding carboxylic acids is 2. The molecule has 0 aliphatic carbocycles. The molecule has 0 aliphatic rings. The summed E-state index contributed by atoms with van der Waals surface area (Å²) in [5, 5.41) is 12.6. The van der Waals surface area contributed by atoms with E-state index in [0.29, 0.717) is 10.6 Å². The minimum Gasteiger partial charge on any atom is -0.367 e. The molecule has 0 unspecified atom stereocenters. The summed E-state index contributed by atoms with van der Waals surface area (Å²) in [5.74, 6) is -1.10. The normalized spacial score (nSPS) is 11.8. The van der Waals surface area contributed by atoms with Crippen LogP contribution in [0.15, 0.2) is 48.5 Å². The first-order valence-corrected chi connectivity index (χ1v) is 6.70. The van der Waals surface area contributed by atoms with Gasteiger partial charge in [-0.15, -0.1) is 0 Å². The fourth-order valence-corrected chi connectivity index (χ4v) is 1.88. The number of benzene rings is 2. The Labute approximate surface area is 127 Å². The largest absolute Gasteiger partial charge is 0.367 e. The minimum absolute atomic E-state index is 0.274. The van der Waals surface area contributed by atoms with E-state index >= 15 is 0 Å². The van der Waals surface area contributed by atoms with Crippen molar-refractivity contribution in [2.75, 3.05) is 0 Å². The van der Waals surface area contributed by atoms with Crippen LogP contribution in [0.2, 0.25) is 5.02 Å². The van der Waals surface area contributed by atoms with Crippen molar-refractivity contribution in [3.63, 3.8) is 0 Å². The number of aryl methyl sites for hydroxylation is 1. The van der Waals surface area contributed by atoms with E-state index in [2.05, 4.69) is 5.32 Å². The molecule has 0 radical (unpaired) electrons. The van der Waals surface area contributed by atoms with E-state index < -0.39 is 17.9 Å². The molecule has 2 aromatic rings. The summed E-state index contributed by atoms with van der Waals surface area (Å²) < 4.78 is 0. The highest BCUT2D eigenvalue weighted by Gasteiger charge is 2.19. The quantitative estimate of drug-likeness (QED) is 0.674. The molecule has 2 aromatic carbocycles. The van der Waals surface area contributed by atoms with Gasteiger partial charge in [0, 0.05) is 16.1 Å². The van der Waals surface area contributed by atoms with Gasteiger partial charge < -0.3 is 10.4 Å². The molecular formula is C16H14ClNO3. The van der Waals surface area contributed by atoms with Crippen LogP contribution < -0.4 is 5.32 Å². The summed E-state index contributed by atoms with van der Waals surface area (Å²) >= 11 is 5.73. The molecule has 0 spiro atoms. The van der Waals surface area contributed by atoms with Gasteiger partial charge in [0.25, 0.3) is 5.91 Å². The number of rotatable bonds is 4. The number of hydrogen-bond donors (Lipinski definition) is 2. The maximum Gasteiger partial charge on any atom is 0.253 e. The highest BCUT2D eigenvalue weighted by Crippen LogP contribution is 2.11. The Balaban J connectivity index is 2.05. The van der Waals surface area contributed by atoms with Crippen LogP contribution in [0.25, 0.3) is 0 Å². The third-order valence-electron chi connectivity index (χ3n) is 2.96. The summed E-state index contributed by atoms with van der Waals surface area (Å²) in [7, 11) is 0.